The normalized spacial score (nSPS) is 11.5. The Morgan fingerprint density at radius 2 is 1.83 bits per heavy atom. The zero-order chi connectivity index (χ0) is 25.5. The Morgan fingerprint density at radius 3 is 2.56 bits per heavy atom. The average molecular weight is 521 g/mol. The van der Waals surface area contributed by atoms with Crippen LogP contribution in [0.4, 0.5) is 10.7 Å². The molecule has 2 aromatic heterocycles. The molecule has 0 bridgehead atoms. The predicted molar refractivity (Wildman–Crippen MR) is 143 cm³/mol. The largest absolute Gasteiger partial charge is 0.462 e. The molecule has 0 aliphatic carbocycles. The highest BCUT2D eigenvalue weighted by Gasteiger charge is 2.24. The number of thiophene rings is 1. The van der Waals surface area contributed by atoms with Gasteiger partial charge in [-0.3, -0.25) is 9.59 Å². The number of thioether (sulfide) groups is 1. The van der Waals surface area contributed by atoms with Crippen molar-refractivity contribution in [2.24, 2.45) is 0 Å². The van der Waals surface area contributed by atoms with E-state index in [1.165, 1.54) is 29.4 Å². The smallest absolute Gasteiger partial charge is 0.341 e. The molecule has 2 heterocycles. The van der Waals surface area contributed by atoms with Crippen LogP contribution in [0.15, 0.2) is 87.7 Å². The topological polar surface area (TPSA) is 97.6 Å². The van der Waals surface area contributed by atoms with Crippen LogP contribution < -0.4 is 10.6 Å². The first-order chi connectivity index (χ1) is 17.5. The van der Waals surface area contributed by atoms with Crippen molar-refractivity contribution in [3.05, 3.63) is 89.7 Å². The number of anilines is 2. The van der Waals surface area contributed by atoms with E-state index < -0.39 is 11.2 Å². The second-order valence-electron chi connectivity index (χ2n) is 7.65. The van der Waals surface area contributed by atoms with Crippen molar-refractivity contribution in [1.82, 2.24) is 0 Å². The van der Waals surface area contributed by atoms with Gasteiger partial charge in [0.15, 0.2) is 5.76 Å². The second-order valence-corrected chi connectivity index (χ2v) is 9.94. The van der Waals surface area contributed by atoms with Crippen molar-refractivity contribution < 1.29 is 23.5 Å². The lowest BCUT2D eigenvalue weighted by atomic mass is 10.0. The molecule has 1 unspecified atom stereocenters. The molecule has 4 aromatic rings. The lowest BCUT2D eigenvalue weighted by molar-refractivity contribution is -0.115. The van der Waals surface area contributed by atoms with Gasteiger partial charge in [0, 0.05) is 21.5 Å². The molecule has 7 nitrogen and oxygen atoms in total. The number of amides is 2. The maximum Gasteiger partial charge on any atom is 0.341 e. The molecule has 0 fully saturated rings. The van der Waals surface area contributed by atoms with E-state index in [0.717, 1.165) is 16.0 Å². The zero-order valence-electron chi connectivity index (χ0n) is 19.6. The number of ether oxygens (including phenoxy) is 1. The fourth-order valence-corrected chi connectivity index (χ4v) is 5.29. The summed E-state index contributed by atoms with van der Waals surface area (Å²) in [6, 6.07) is 19.9. The molecule has 2 N–H and O–H groups in total. The van der Waals surface area contributed by atoms with Crippen LogP contribution in [0.3, 0.4) is 0 Å². The Morgan fingerprint density at radius 1 is 1.03 bits per heavy atom. The molecular formula is C27H24N2O5S2. The van der Waals surface area contributed by atoms with E-state index in [4.69, 9.17) is 9.15 Å². The molecule has 1 atom stereocenters. The highest BCUT2D eigenvalue weighted by molar-refractivity contribution is 8.00. The molecule has 184 valence electrons. The van der Waals surface area contributed by atoms with Crippen LogP contribution in [0.25, 0.3) is 11.1 Å². The average Bonchev–Trinajstić information content (AvgIpc) is 3.56. The summed E-state index contributed by atoms with van der Waals surface area (Å²) in [6.45, 7) is 3.76. The van der Waals surface area contributed by atoms with E-state index in [0.29, 0.717) is 16.3 Å². The number of hydrogen-bond acceptors (Lipinski definition) is 7. The molecule has 0 spiro atoms. The molecule has 36 heavy (non-hydrogen) atoms. The molecule has 0 aliphatic heterocycles. The zero-order valence-corrected chi connectivity index (χ0v) is 21.3. The van der Waals surface area contributed by atoms with Crippen LogP contribution in [0, 0.1) is 0 Å². The predicted octanol–water partition coefficient (Wildman–Crippen LogP) is 6.56. The Labute approximate surface area is 216 Å². The molecule has 0 saturated carbocycles. The van der Waals surface area contributed by atoms with E-state index in [-0.39, 0.29) is 24.2 Å². The quantitative estimate of drug-likeness (QED) is 0.192. The highest BCUT2D eigenvalue weighted by Crippen LogP contribution is 2.37. The third kappa shape index (κ3) is 6.05. The summed E-state index contributed by atoms with van der Waals surface area (Å²) in [7, 11) is 0. The van der Waals surface area contributed by atoms with Gasteiger partial charge >= 0.3 is 5.97 Å². The van der Waals surface area contributed by atoms with Crippen molar-refractivity contribution >= 4 is 51.6 Å². The van der Waals surface area contributed by atoms with Crippen LogP contribution in [0.1, 0.15) is 34.8 Å². The number of carbonyl (C=O) groups is 3. The number of rotatable bonds is 9. The third-order valence-electron chi connectivity index (χ3n) is 5.11. The Hall–Kier alpha value is -3.82. The van der Waals surface area contributed by atoms with E-state index in [1.54, 1.807) is 44.2 Å². The first-order valence-electron chi connectivity index (χ1n) is 11.2. The lowest BCUT2D eigenvalue weighted by Gasteiger charge is -2.13. The van der Waals surface area contributed by atoms with E-state index in [1.807, 2.05) is 41.8 Å². The maximum atomic E-state index is 13.1. The van der Waals surface area contributed by atoms with E-state index in [2.05, 4.69) is 10.6 Å². The molecule has 4 rings (SSSR count). The standard InChI is InChI=1S/C27H24N2O5S2/c1-3-33-27(32)23-21(18-9-5-4-6-10-18)16-35-26(23)29-24(30)17(2)36-20-12-7-11-19(15-20)28-25(31)22-13-8-14-34-22/h4-17H,3H2,1-2H3,(H,28,31)(H,29,30). The monoisotopic (exact) mass is 520 g/mol. The van der Waals surface area contributed by atoms with Gasteiger partial charge in [-0.1, -0.05) is 36.4 Å². The van der Waals surface area contributed by atoms with Crippen LogP contribution in [0.5, 0.6) is 0 Å². The number of benzene rings is 2. The van der Waals surface area contributed by atoms with Gasteiger partial charge in [-0.05, 0) is 49.7 Å². The molecule has 2 aromatic carbocycles. The molecule has 0 radical (unpaired) electrons. The van der Waals surface area contributed by atoms with Crippen molar-refractivity contribution in [3.8, 4) is 11.1 Å². The minimum absolute atomic E-state index is 0.212. The van der Waals surface area contributed by atoms with Crippen molar-refractivity contribution in [2.75, 3.05) is 17.2 Å². The summed E-state index contributed by atoms with van der Waals surface area (Å²) in [5.74, 6) is -0.874. The van der Waals surface area contributed by atoms with Crippen LogP contribution in [-0.2, 0) is 9.53 Å². The SMILES string of the molecule is CCOC(=O)c1c(-c2ccccc2)csc1NC(=O)C(C)Sc1cccc(NC(=O)c2ccco2)c1. The first-order valence-corrected chi connectivity index (χ1v) is 13.0. The van der Waals surface area contributed by atoms with Crippen molar-refractivity contribution in [3.63, 3.8) is 0 Å². The molecule has 9 heteroatoms. The summed E-state index contributed by atoms with van der Waals surface area (Å²) >= 11 is 2.63. The van der Waals surface area contributed by atoms with Crippen molar-refractivity contribution in [2.45, 2.75) is 24.0 Å². The first kappa shape index (κ1) is 25.3. The molecule has 0 saturated heterocycles. The Kier molecular flexibility index (Phi) is 8.24. The number of esters is 1. The Bertz CT molecular complexity index is 1350. The van der Waals surface area contributed by atoms with Gasteiger partial charge in [-0.2, -0.15) is 0 Å². The summed E-state index contributed by atoms with van der Waals surface area (Å²) in [5, 5.41) is 7.50. The second kappa shape index (κ2) is 11.7. The van der Waals surface area contributed by atoms with E-state index >= 15 is 0 Å². The fourth-order valence-electron chi connectivity index (χ4n) is 3.40. The number of carbonyl (C=O) groups excluding carboxylic acids is 3. The van der Waals surface area contributed by atoms with E-state index in [9.17, 15) is 14.4 Å². The minimum Gasteiger partial charge on any atom is -0.462 e. The molecular weight excluding hydrogens is 496 g/mol. The minimum atomic E-state index is -0.479. The molecule has 2 amide bonds. The van der Waals surface area contributed by atoms with Crippen LogP contribution >= 0.6 is 23.1 Å². The Balaban J connectivity index is 1.47. The molecule has 0 aliphatic rings. The summed E-state index contributed by atoms with van der Waals surface area (Å²) in [4.78, 5) is 38.9. The van der Waals surface area contributed by atoms with Gasteiger partial charge in [0.05, 0.1) is 18.1 Å². The number of hydrogen-bond donors (Lipinski definition) is 2. The summed E-state index contributed by atoms with van der Waals surface area (Å²) in [6.07, 6.45) is 1.44. The highest BCUT2D eigenvalue weighted by atomic mass is 32.2. The lowest BCUT2D eigenvalue weighted by Crippen LogP contribution is -2.23. The van der Waals surface area contributed by atoms with Crippen LogP contribution in [-0.4, -0.2) is 29.6 Å². The van der Waals surface area contributed by atoms with Crippen molar-refractivity contribution in [1.29, 1.82) is 0 Å². The van der Waals surface area contributed by atoms with Gasteiger partial charge < -0.3 is 19.8 Å². The number of furan rings is 1. The van der Waals surface area contributed by atoms with Gasteiger partial charge in [-0.15, -0.1) is 23.1 Å². The van der Waals surface area contributed by atoms with Gasteiger partial charge in [0.2, 0.25) is 5.91 Å². The van der Waals surface area contributed by atoms with Gasteiger partial charge in [0.25, 0.3) is 5.91 Å². The third-order valence-corrected chi connectivity index (χ3v) is 7.10. The summed E-state index contributed by atoms with van der Waals surface area (Å²) < 4.78 is 10.4. The maximum absolute atomic E-state index is 13.1. The summed E-state index contributed by atoms with van der Waals surface area (Å²) in [5.41, 5.74) is 2.52. The van der Waals surface area contributed by atoms with Crippen LogP contribution in [0.2, 0.25) is 0 Å². The van der Waals surface area contributed by atoms with Gasteiger partial charge in [-0.25, -0.2) is 4.79 Å². The fraction of sp³-hybridized carbons (Fsp3) is 0.148. The number of nitrogens with one attached hydrogen (secondary N) is 2. The van der Waals surface area contributed by atoms with Gasteiger partial charge in [0.1, 0.15) is 10.6 Å².